The summed E-state index contributed by atoms with van der Waals surface area (Å²) in [6.07, 6.45) is -4.65. The van der Waals surface area contributed by atoms with Crippen LogP contribution in [-0.2, 0) is 26.0 Å². The van der Waals surface area contributed by atoms with Crippen molar-refractivity contribution in [2.75, 3.05) is 19.3 Å². The summed E-state index contributed by atoms with van der Waals surface area (Å²) in [5, 5.41) is 17.0. The number of alkyl halides is 3. The Hall–Kier alpha value is -4.22. The SMILES string of the molecule is Cc1ccc2[nH]c(=O)c(CC(C#N)NC(=O)CN(C)C(=O)C(C)C(C)(C)C)cc2c1.Cc1ccccc1.NS(=O)(=O)CC(F)(F)F. The molecule has 2 amide bonds. The van der Waals surface area contributed by atoms with Crippen molar-refractivity contribution in [3.8, 4) is 6.07 Å². The molecule has 0 bridgehead atoms. The van der Waals surface area contributed by atoms with Gasteiger partial charge in [0.05, 0.1) is 12.6 Å². The molecule has 0 aliphatic carbocycles. The van der Waals surface area contributed by atoms with Gasteiger partial charge in [0.25, 0.3) is 5.56 Å². The van der Waals surface area contributed by atoms with Crippen LogP contribution in [-0.4, -0.2) is 61.7 Å². The number of aromatic amines is 1. The maximum atomic E-state index is 12.5. The number of aryl methyl sites for hydroxylation is 2. The number of nitrogens with zero attached hydrogens (tertiary/aromatic N) is 2. The highest BCUT2D eigenvalue weighted by atomic mass is 32.2. The molecular formula is C32H42F3N5O5S. The second kappa shape index (κ2) is 16.9. The number of amides is 2. The van der Waals surface area contributed by atoms with Crippen molar-refractivity contribution >= 4 is 32.7 Å². The fourth-order valence-corrected chi connectivity index (χ4v) is 4.32. The number of likely N-dealkylation sites (N-methyl/N-ethyl adjacent to an activating group) is 1. The highest BCUT2D eigenvalue weighted by Gasteiger charge is 2.33. The Morgan fingerprint density at radius 1 is 1.04 bits per heavy atom. The fourth-order valence-electron chi connectivity index (χ4n) is 3.87. The number of nitriles is 1. The number of aromatic nitrogens is 1. The predicted molar refractivity (Wildman–Crippen MR) is 172 cm³/mol. The van der Waals surface area contributed by atoms with Crippen LogP contribution in [0.5, 0.6) is 0 Å². The second-order valence-corrected chi connectivity index (χ2v) is 13.6. The van der Waals surface area contributed by atoms with Crippen LogP contribution in [0.2, 0.25) is 0 Å². The molecule has 3 rings (SSSR count). The summed E-state index contributed by atoms with van der Waals surface area (Å²) < 4.78 is 52.7. The Bertz CT molecular complexity index is 1680. The minimum absolute atomic E-state index is 0.0809. The van der Waals surface area contributed by atoms with Gasteiger partial charge in [0.15, 0.2) is 5.75 Å². The zero-order valence-electron chi connectivity index (χ0n) is 27.0. The van der Waals surface area contributed by atoms with E-state index in [0.29, 0.717) is 5.56 Å². The lowest BCUT2D eigenvalue weighted by atomic mass is 9.81. The molecule has 2 unspecified atom stereocenters. The maximum absolute atomic E-state index is 12.5. The molecule has 10 nitrogen and oxygen atoms in total. The average Bonchev–Trinajstić information content (AvgIpc) is 2.91. The lowest BCUT2D eigenvalue weighted by molar-refractivity contribution is -0.140. The molecule has 1 aromatic heterocycles. The van der Waals surface area contributed by atoms with Gasteiger partial charge in [-0.2, -0.15) is 18.4 Å². The standard InChI is InChI=1S/C23H30N4O3.C7H8.C2H4F3NO2S/c1-14-7-8-19-16(9-14)10-17(21(29)26-19)11-18(12-24)25-20(28)13-27(6)22(30)15(2)23(3,4)5;1-7-5-3-2-4-6-7;3-2(4,5)1-9(6,7)8/h7-10,15,18H,11,13H2,1-6H3,(H,25,28)(H,26,29);2-6H,1H3;1H2,(H2,6,7,8). The summed E-state index contributed by atoms with van der Waals surface area (Å²) >= 11 is 0. The average molecular weight is 666 g/mol. The molecule has 2 atom stereocenters. The molecule has 4 N–H and O–H groups in total. The summed E-state index contributed by atoms with van der Waals surface area (Å²) in [5.41, 5.74) is 3.02. The predicted octanol–water partition coefficient (Wildman–Crippen LogP) is 4.36. The first-order chi connectivity index (χ1) is 21.0. The van der Waals surface area contributed by atoms with Gasteiger partial charge in [-0.25, -0.2) is 13.6 Å². The van der Waals surface area contributed by atoms with E-state index in [9.17, 15) is 41.2 Å². The van der Waals surface area contributed by atoms with E-state index in [2.05, 4.69) is 34.5 Å². The van der Waals surface area contributed by atoms with Gasteiger partial charge in [0.1, 0.15) is 6.04 Å². The van der Waals surface area contributed by atoms with Crippen LogP contribution in [0.25, 0.3) is 10.9 Å². The molecule has 0 spiro atoms. The molecule has 0 fully saturated rings. The first kappa shape index (κ1) is 39.8. The van der Waals surface area contributed by atoms with Crippen LogP contribution in [0.4, 0.5) is 13.2 Å². The molecule has 46 heavy (non-hydrogen) atoms. The molecule has 0 aliphatic heterocycles. The van der Waals surface area contributed by atoms with Crippen molar-refractivity contribution in [2.45, 2.75) is 60.2 Å². The van der Waals surface area contributed by atoms with Crippen LogP contribution in [0.15, 0.2) is 59.4 Å². The van der Waals surface area contributed by atoms with Gasteiger partial charge in [-0.3, -0.25) is 14.4 Å². The minimum Gasteiger partial charge on any atom is -0.339 e. The second-order valence-electron chi connectivity index (χ2n) is 12.0. The first-order valence-electron chi connectivity index (χ1n) is 14.2. The number of carbonyl (C=O) groups is 2. The number of carbonyl (C=O) groups excluding carboxylic acids is 2. The van der Waals surface area contributed by atoms with Gasteiger partial charge < -0.3 is 15.2 Å². The smallest absolute Gasteiger partial charge is 0.339 e. The largest absolute Gasteiger partial charge is 0.404 e. The van der Waals surface area contributed by atoms with E-state index < -0.39 is 33.9 Å². The number of nitrogens with two attached hydrogens (primary N) is 1. The number of benzene rings is 2. The topological polar surface area (TPSA) is 166 Å². The highest BCUT2D eigenvalue weighted by Crippen LogP contribution is 2.26. The summed E-state index contributed by atoms with van der Waals surface area (Å²) in [5.74, 6) is -2.78. The number of hydrogen-bond donors (Lipinski definition) is 3. The van der Waals surface area contributed by atoms with E-state index in [1.165, 1.54) is 10.5 Å². The third-order valence-corrected chi connectivity index (χ3v) is 7.45. The zero-order valence-corrected chi connectivity index (χ0v) is 27.8. The quantitative estimate of drug-likeness (QED) is 0.339. The van der Waals surface area contributed by atoms with Crippen molar-refractivity contribution in [2.24, 2.45) is 16.5 Å². The minimum atomic E-state index is -4.73. The zero-order chi connectivity index (χ0) is 35.5. The van der Waals surface area contributed by atoms with Crippen LogP contribution < -0.4 is 16.0 Å². The van der Waals surface area contributed by atoms with Gasteiger partial charge in [0.2, 0.25) is 21.8 Å². The Balaban J connectivity index is 0.000000537. The van der Waals surface area contributed by atoms with Crippen molar-refractivity contribution in [3.63, 3.8) is 0 Å². The number of H-pyrrole nitrogens is 1. The first-order valence-corrected chi connectivity index (χ1v) is 15.9. The third kappa shape index (κ3) is 15.2. The molecule has 0 saturated carbocycles. The van der Waals surface area contributed by atoms with E-state index in [-0.39, 0.29) is 35.8 Å². The normalized spacial score (nSPS) is 12.7. The molecular weight excluding hydrogens is 623 g/mol. The summed E-state index contributed by atoms with van der Waals surface area (Å²) in [7, 11) is -2.84. The monoisotopic (exact) mass is 665 g/mol. The van der Waals surface area contributed by atoms with E-state index in [1.54, 1.807) is 13.1 Å². The molecule has 252 valence electrons. The number of nitrogens with one attached hydrogen (secondary N) is 2. The van der Waals surface area contributed by atoms with Crippen LogP contribution >= 0.6 is 0 Å². The van der Waals surface area contributed by atoms with Crippen molar-refractivity contribution in [1.29, 1.82) is 5.26 Å². The molecule has 2 aromatic carbocycles. The summed E-state index contributed by atoms with van der Waals surface area (Å²) in [6, 6.07) is 18.9. The van der Waals surface area contributed by atoms with Gasteiger partial charge in [0, 0.05) is 30.5 Å². The van der Waals surface area contributed by atoms with E-state index >= 15 is 0 Å². The number of fused-ring (bicyclic) bond motifs is 1. The maximum Gasteiger partial charge on any atom is 0.404 e. The van der Waals surface area contributed by atoms with Crippen LogP contribution in [0, 0.1) is 36.5 Å². The third-order valence-electron chi connectivity index (χ3n) is 6.72. The molecule has 0 radical (unpaired) electrons. The number of sulfonamides is 1. The van der Waals surface area contributed by atoms with Gasteiger partial charge in [-0.1, -0.05) is 75.2 Å². The van der Waals surface area contributed by atoms with Crippen LogP contribution in [0.1, 0.15) is 44.4 Å². The summed E-state index contributed by atoms with van der Waals surface area (Å²) in [6.45, 7) is 11.6. The van der Waals surface area contributed by atoms with E-state index in [0.717, 1.165) is 16.5 Å². The lowest BCUT2D eigenvalue weighted by Crippen LogP contribution is -2.46. The summed E-state index contributed by atoms with van der Waals surface area (Å²) in [4.78, 5) is 41.4. The fraction of sp³-hybridized carbons (Fsp3) is 0.438. The van der Waals surface area contributed by atoms with Gasteiger partial charge in [-0.15, -0.1) is 0 Å². The van der Waals surface area contributed by atoms with Crippen molar-refractivity contribution < 1.29 is 31.2 Å². The van der Waals surface area contributed by atoms with E-state index in [4.69, 9.17) is 0 Å². The lowest BCUT2D eigenvalue weighted by Gasteiger charge is -2.30. The number of halogens is 3. The number of pyridine rings is 1. The molecule has 14 heteroatoms. The van der Waals surface area contributed by atoms with Crippen molar-refractivity contribution in [3.05, 3.63) is 81.6 Å². The Labute approximate surface area is 267 Å². The van der Waals surface area contributed by atoms with E-state index in [1.807, 2.05) is 77.1 Å². The van der Waals surface area contributed by atoms with Gasteiger partial charge >= 0.3 is 6.18 Å². The molecule has 3 aromatic rings. The molecule has 0 saturated heterocycles. The number of hydrogen-bond acceptors (Lipinski definition) is 6. The van der Waals surface area contributed by atoms with Crippen LogP contribution in [0.3, 0.4) is 0 Å². The van der Waals surface area contributed by atoms with Crippen molar-refractivity contribution in [1.82, 2.24) is 15.2 Å². The Morgan fingerprint density at radius 2 is 1.63 bits per heavy atom. The number of primary sulfonamides is 1. The Morgan fingerprint density at radius 3 is 2.07 bits per heavy atom. The highest BCUT2D eigenvalue weighted by molar-refractivity contribution is 7.89. The number of rotatable bonds is 7. The molecule has 1 heterocycles. The Kier molecular flexibility index (Phi) is 14.6. The van der Waals surface area contributed by atoms with Gasteiger partial charge in [-0.05, 0) is 42.8 Å². The molecule has 0 aliphatic rings.